The number of carbonyl (C=O) groups is 1. The normalized spacial score (nSPS) is 24.4. The van der Waals surface area contributed by atoms with Gasteiger partial charge >= 0.3 is 5.97 Å². The van der Waals surface area contributed by atoms with E-state index >= 15 is 0 Å². The highest BCUT2D eigenvalue weighted by Gasteiger charge is 2.45. The minimum Gasteiger partial charge on any atom is -0.481 e. The molecule has 0 heterocycles. The summed E-state index contributed by atoms with van der Waals surface area (Å²) in [5.74, 6) is 0.157. The standard InChI is InChI=1S/C15H20O2/c1-3-11-4-6-12(7-5-11)8-10(2)13-9-14(13)15(16)17/h4-7,10,13-14H,3,8-9H2,1-2H3,(H,16,17). The Balaban J connectivity index is 1.90. The Morgan fingerprint density at radius 1 is 1.35 bits per heavy atom. The SMILES string of the molecule is CCc1ccc(CC(C)C2CC2C(=O)O)cc1. The summed E-state index contributed by atoms with van der Waals surface area (Å²) in [6.07, 6.45) is 2.93. The molecular formula is C15H20O2. The number of hydrogen-bond acceptors (Lipinski definition) is 1. The highest BCUT2D eigenvalue weighted by Crippen LogP contribution is 2.45. The first-order valence-electron chi connectivity index (χ1n) is 6.42. The topological polar surface area (TPSA) is 37.3 Å². The number of hydrogen-bond donors (Lipinski definition) is 1. The summed E-state index contributed by atoms with van der Waals surface area (Å²) >= 11 is 0. The van der Waals surface area contributed by atoms with Gasteiger partial charge in [-0.1, -0.05) is 38.1 Å². The van der Waals surface area contributed by atoms with E-state index in [1.807, 2.05) is 0 Å². The van der Waals surface area contributed by atoms with Crippen LogP contribution in [-0.2, 0) is 17.6 Å². The van der Waals surface area contributed by atoms with Crippen LogP contribution in [0.1, 0.15) is 31.4 Å². The maximum Gasteiger partial charge on any atom is 0.306 e. The molecule has 1 aliphatic rings. The molecule has 1 aromatic carbocycles. The van der Waals surface area contributed by atoms with Gasteiger partial charge in [0.05, 0.1) is 5.92 Å². The Morgan fingerprint density at radius 2 is 1.94 bits per heavy atom. The van der Waals surface area contributed by atoms with Crippen molar-refractivity contribution in [1.82, 2.24) is 0 Å². The fourth-order valence-corrected chi connectivity index (χ4v) is 2.56. The molecule has 1 aliphatic carbocycles. The number of benzene rings is 1. The van der Waals surface area contributed by atoms with Crippen LogP contribution in [0.5, 0.6) is 0 Å². The van der Waals surface area contributed by atoms with Gasteiger partial charge in [0.25, 0.3) is 0 Å². The Morgan fingerprint density at radius 3 is 2.41 bits per heavy atom. The van der Waals surface area contributed by atoms with Crippen LogP contribution >= 0.6 is 0 Å². The second kappa shape index (κ2) is 4.91. The van der Waals surface area contributed by atoms with Gasteiger partial charge in [0.1, 0.15) is 0 Å². The number of aliphatic carboxylic acids is 1. The quantitative estimate of drug-likeness (QED) is 0.846. The third kappa shape index (κ3) is 2.87. The zero-order valence-corrected chi connectivity index (χ0v) is 10.5. The van der Waals surface area contributed by atoms with Crippen molar-refractivity contribution >= 4 is 5.97 Å². The van der Waals surface area contributed by atoms with Gasteiger partial charge in [-0.25, -0.2) is 0 Å². The number of aryl methyl sites for hydroxylation is 1. The lowest BCUT2D eigenvalue weighted by molar-refractivity contribution is -0.139. The molecule has 0 aromatic heterocycles. The summed E-state index contributed by atoms with van der Waals surface area (Å²) in [6, 6.07) is 8.69. The third-order valence-electron chi connectivity index (χ3n) is 3.88. The molecule has 1 saturated carbocycles. The summed E-state index contributed by atoms with van der Waals surface area (Å²) in [5, 5.41) is 8.91. The van der Waals surface area contributed by atoms with E-state index in [0.717, 1.165) is 19.3 Å². The summed E-state index contributed by atoms with van der Waals surface area (Å²) in [6.45, 7) is 4.32. The van der Waals surface area contributed by atoms with Crippen molar-refractivity contribution in [2.75, 3.05) is 0 Å². The first-order valence-corrected chi connectivity index (χ1v) is 6.42. The average Bonchev–Trinajstić information content (AvgIpc) is 3.10. The lowest BCUT2D eigenvalue weighted by Gasteiger charge is -2.10. The van der Waals surface area contributed by atoms with Crippen LogP contribution in [0.3, 0.4) is 0 Å². The van der Waals surface area contributed by atoms with Crippen LogP contribution in [0.4, 0.5) is 0 Å². The predicted octanol–water partition coefficient (Wildman–Crippen LogP) is 3.15. The van der Waals surface area contributed by atoms with Gasteiger partial charge in [-0.15, -0.1) is 0 Å². The number of rotatable bonds is 5. The molecular weight excluding hydrogens is 212 g/mol. The van der Waals surface area contributed by atoms with Gasteiger partial charge < -0.3 is 5.11 Å². The van der Waals surface area contributed by atoms with E-state index in [1.165, 1.54) is 11.1 Å². The van der Waals surface area contributed by atoms with Gasteiger partial charge in [0.15, 0.2) is 0 Å². The van der Waals surface area contributed by atoms with Crippen molar-refractivity contribution in [3.8, 4) is 0 Å². The second-order valence-corrected chi connectivity index (χ2v) is 5.20. The van der Waals surface area contributed by atoms with E-state index < -0.39 is 5.97 Å². The molecule has 1 aromatic rings. The van der Waals surface area contributed by atoms with E-state index in [2.05, 4.69) is 38.1 Å². The summed E-state index contributed by atoms with van der Waals surface area (Å²) < 4.78 is 0. The van der Waals surface area contributed by atoms with Crippen LogP contribution in [0.15, 0.2) is 24.3 Å². The highest BCUT2D eigenvalue weighted by molar-refractivity contribution is 5.73. The minimum absolute atomic E-state index is 0.0834. The first kappa shape index (κ1) is 12.2. The zero-order chi connectivity index (χ0) is 12.4. The molecule has 1 fully saturated rings. The molecule has 0 bridgehead atoms. The Kier molecular flexibility index (Phi) is 3.51. The third-order valence-corrected chi connectivity index (χ3v) is 3.88. The number of carboxylic acids is 1. The van der Waals surface area contributed by atoms with Crippen LogP contribution in [-0.4, -0.2) is 11.1 Å². The monoisotopic (exact) mass is 232 g/mol. The minimum atomic E-state index is -0.622. The Labute approximate surface area is 103 Å². The first-order chi connectivity index (χ1) is 8.11. The van der Waals surface area contributed by atoms with Crippen molar-refractivity contribution in [2.24, 2.45) is 17.8 Å². The van der Waals surface area contributed by atoms with E-state index in [9.17, 15) is 4.79 Å². The largest absolute Gasteiger partial charge is 0.481 e. The van der Waals surface area contributed by atoms with Crippen molar-refractivity contribution in [1.29, 1.82) is 0 Å². The van der Waals surface area contributed by atoms with Gasteiger partial charge in [0.2, 0.25) is 0 Å². The molecule has 0 aliphatic heterocycles. The van der Waals surface area contributed by atoms with Gasteiger partial charge in [-0.05, 0) is 42.2 Å². The Bertz CT molecular complexity index is 394. The fraction of sp³-hybridized carbons (Fsp3) is 0.533. The van der Waals surface area contributed by atoms with Crippen molar-refractivity contribution in [3.63, 3.8) is 0 Å². The number of carboxylic acid groups (broad SMARTS) is 1. The van der Waals surface area contributed by atoms with Crippen molar-refractivity contribution in [2.45, 2.75) is 33.1 Å². The molecule has 3 unspecified atom stereocenters. The van der Waals surface area contributed by atoms with Gasteiger partial charge in [0, 0.05) is 0 Å². The van der Waals surface area contributed by atoms with Crippen molar-refractivity contribution in [3.05, 3.63) is 35.4 Å². The summed E-state index contributed by atoms with van der Waals surface area (Å²) in [4.78, 5) is 10.8. The fourth-order valence-electron chi connectivity index (χ4n) is 2.56. The molecule has 3 atom stereocenters. The highest BCUT2D eigenvalue weighted by atomic mass is 16.4. The molecule has 0 spiro atoms. The smallest absolute Gasteiger partial charge is 0.306 e. The molecule has 92 valence electrons. The maximum atomic E-state index is 10.8. The van der Waals surface area contributed by atoms with Crippen LogP contribution in [0.25, 0.3) is 0 Å². The van der Waals surface area contributed by atoms with E-state index in [0.29, 0.717) is 11.8 Å². The lowest BCUT2D eigenvalue weighted by Crippen LogP contribution is -2.08. The van der Waals surface area contributed by atoms with Gasteiger partial charge in [-0.2, -0.15) is 0 Å². The Hall–Kier alpha value is -1.31. The lowest BCUT2D eigenvalue weighted by atomic mass is 9.95. The molecule has 2 heteroatoms. The molecule has 2 nitrogen and oxygen atoms in total. The van der Waals surface area contributed by atoms with Crippen molar-refractivity contribution < 1.29 is 9.90 Å². The van der Waals surface area contributed by atoms with Crippen LogP contribution < -0.4 is 0 Å². The molecule has 17 heavy (non-hydrogen) atoms. The van der Waals surface area contributed by atoms with E-state index in [4.69, 9.17) is 5.11 Å². The molecule has 0 saturated heterocycles. The van der Waals surface area contributed by atoms with Gasteiger partial charge in [-0.3, -0.25) is 4.79 Å². The van der Waals surface area contributed by atoms with E-state index in [1.54, 1.807) is 0 Å². The summed E-state index contributed by atoms with van der Waals surface area (Å²) in [5.41, 5.74) is 2.68. The molecule has 0 amide bonds. The summed E-state index contributed by atoms with van der Waals surface area (Å²) in [7, 11) is 0. The second-order valence-electron chi connectivity index (χ2n) is 5.20. The molecule has 1 N–H and O–H groups in total. The van der Waals surface area contributed by atoms with Crippen LogP contribution in [0.2, 0.25) is 0 Å². The van der Waals surface area contributed by atoms with E-state index in [-0.39, 0.29) is 5.92 Å². The zero-order valence-electron chi connectivity index (χ0n) is 10.5. The van der Waals surface area contributed by atoms with Crippen LogP contribution in [0, 0.1) is 17.8 Å². The molecule has 2 rings (SSSR count). The average molecular weight is 232 g/mol. The predicted molar refractivity (Wildman–Crippen MR) is 67.9 cm³/mol. The molecule has 0 radical (unpaired) electrons. The maximum absolute atomic E-state index is 10.8.